The number of phenolic OH excluding ortho intramolecular Hbond substituents is 1. The number of nitrogens with one attached hydrogen (secondary N) is 1. The molecular formula is C26H21N3O4. The number of benzene rings is 2. The second-order valence-electron chi connectivity index (χ2n) is 7.84. The van der Waals surface area contributed by atoms with Crippen molar-refractivity contribution in [2.45, 2.75) is 25.3 Å². The van der Waals surface area contributed by atoms with E-state index in [4.69, 9.17) is 16.2 Å². The number of aromatic amines is 1. The molecule has 33 heavy (non-hydrogen) atoms. The Morgan fingerprint density at radius 2 is 1.91 bits per heavy atom. The Bertz CT molecular complexity index is 1390. The first kappa shape index (κ1) is 21.8. The van der Waals surface area contributed by atoms with Crippen molar-refractivity contribution < 1.29 is 19.5 Å². The highest BCUT2D eigenvalue weighted by molar-refractivity contribution is 6.12. The van der Waals surface area contributed by atoms with E-state index in [0.29, 0.717) is 24.2 Å². The largest absolute Gasteiger partial charge is 0.507 e. The number of para-hydroxylation sites is 2. The standard InChI is InChI=1S/C25H21N3O2.CO2/c1-3-25-22(26-2)14-16(23(30)19-9-5-7-11-21(19)29)15-28(25)13-12-18-17-8-4-6-10-20(17)27-24(18)25;2-1-3/h4-11,14-15,27,29H,3,12-13H2,1H3;. The van der Waals surface area contributed by atoms with Crippen LogP contribution >= 0.6 is 0 Å². The number of ketones is 1. The molecule has 7 nitrogen and oxygen atoms in total. The maximum Gasteiger partial charge on any atom is 0.373 e. The summed E-state index contributed by atoms with van der Waals surface area (Å²) in [5, 5.41) is 11.3. The number of H-pyrrole nitrogens is 1. The summed E-state index contributed by atoms with van der Waals surface area (Å²) < 4.78 is 0. The number of aromatic hydroxyl groups is 1. The minimum Gasteiger partial charge on any atom is -0.507 e. The highest BCUT2D eigenvalue weighted by Gasteiger charge is 2.48. The lowest BCUT2D eigenvalue weighted by atomic mass is 9.77. The van der Waals surface area contributed by atoms with Gasteiger partial charge in [0, 0.05) is 34.9 Å². The number of Topliss-reactive ketones (excluding diaryl/α,β-unsaturated/α-hetero) is 1. The van der Waals surface area contributed by atoms with E-state index in [1.165, 1.54) is 17.0 Å². The lowest BCUT2D eigenvalue weighted by Gasteiger charge is -2.48. The van der Waals surface area contributed by atoms with E-state index >= 15 is 0 Å². The van der Waals surface area contributed by atoms with E-state index in [1.54, 1.807) is 24.3 Å². The van der Waals surface area contributed by atoms with E-state index in [1.807, 2.05) is 18.3 Å². The maximum absolute atomic E-state index is 13.1. The lowest BCUT2D eigenvalue weighted by molar-refractivity contribution is -0.191. The van der Waals surface area contributed by atoms with Gasteiger partial charge in [-0.25, -0.2) is 4.85 Å². The average molecular weight is 439 g/mol. The smallest absolute Gasteiger partial charge is 0.373 e. The molecule has 1 atom stereocenters. The first-order valence-electron chi connectivity index (χ1n) is 10.5. The van der Waals surface area contributed by atoms with Gasteiger partial charge in [-0.1, -0.05) is 37.3 Å². The summed E-state index contributed by atoms with van der Waals surface area (Å²) in [5.74, 6) is -0.327. The van der Waals surface area contributed by atoms with Gasteiger partial charge < -0.3 is 15.0 Å². The number of hydrogen-bond donors (Lipinski definition) is 2. The van der Waals surface area contributed by atoms with Crippen LogP contribution in [0.2, 0.25) is 0 Å². The molecule has 5 rings (SSSR count). The molecule has 0 bridgehead atoms. The molecule has 0 fully saturated rings. The van der Waals surface area contributed by atoms with E-state index in [9.17, 15) is 9.90 Å². The third-order valence-electron chi connectivity index (χ3n) is 6.37. The Morgan fingerprint density at radius 3 is 2.61 bits per heavy atom. The van der Waals surface area contributed by atoms with Crippen LogP contribution in [0.4, 0.5) is 0 Å². The molecule has 2 N–H and O–H groups in total. The number of nitrogens with zero attached hydrogens (tertiary/aromatic N) is 2. The third-order valence-corrected chi connectivity index (χ3v) is 6.37. The SMILES string of the molecule is O=C=O.[C-]#[N+]C1=CC(C(=O)c2ccccc2O)=CN2CCc3c([nH]c4ccccc34)C12CC. The average Bonchev–Trinajstić information content (AvgIpc) is 3.23. The molecule has 1 aromatic heterocycles. The fourth-order valence-electron chi connectivity index (χ4n) is 4.93. The van der Waals surface area contributed by atoms with Crippen molar-refractivity contribution in [3.8, 4) is 5.75 Å². The Labute approximate surface area is 190 Å². The summed E-state index contributed by atoms with van der Waals surface area (Å²) in [6.45, 7) is 10.7. The number of carbonyl (C=O) groups is 1. The molecule has 3 heterocycles. The summed E-state index contributed by atoms with van der Waals surface area (Å²) in [6.07, 6.45) is 5.35. The van der Waals surface area contributed by atoms with Crippen molar-refractivity contribution in [3.05, 3.63) is 100 Å². The van der Waals surface area contributed by atoms with E-state index in [0.717, 1.165) is 17.6 Å². The molecule has 0 saturated heterocycles. The van der Waals surface area contributed by atoms with Crippen LogP contribution in [0.15, 0.2) is 72.1 Å². The summed E-state index contributed by atoms with van der Waals surface area (Å²) in [7, 11) is 0. The predicted octanol–water partition coefficient (Wildman–Crippen LogP) is 4.34. The maximum atomic E-state index is 13.1. The van der Waals surface area contributed by atoms with Crippen LogP contribution in [-0.2, 0) is 21.5 Å². The Hall–Kier alpha value is -4.40. The van der Waals surface area contributed by atoms with Gasteiger partial charge in [0.15, 0.2) is 11.5 Å². The molecule has 2 aliphatic heterocycles. The lowest BCUT2D eigenvalue weighted by Crippen LogP contribution is -2.50. The number of fused-ring (bicyclic) bond motifs is 5. The minimum absolute atomic E-state index is 0.0509. The minimum atomic E-state index is -0.614. The van der Waals surface area contributed by atoms with E-state index in [2.05, 4.69) is 33.8 Å². The van der Waals surface area contributed by atoms with E-state index in [-0.39, 0.29) is 23.2 Å². The summed E-state index contributed by atoms with van der Waals surface area (Å²) in [4.78, 5) is 39.0. The van der Waals surface area contributed by atoms with Crippen LogP contribution in [-0.4, -0.2) is 33.5 Å². The summed E-state index contributed by atoms with van der Waals surface area (Å²) in [5.41, 5.74) is 3.95. The zero-order valence-corrected chi connectivity index (χ0v) is 18.0. The van der Waals surface area contributed by atoms with Gasteiger partial charge in [-0.05, 0) is 42.7 Å². The summed E-state index contributed by atoms with van der Waals surface area (Å²) in [6, 6.07) is 14.8. The number of hydrogen-bond acceptors (Lipinski definition) is 5. The van der Waals surface area contributed by atoms with Gasteiger partial charge in [-0.3, -0.25) is 4.79 Å². The third kappa shape index (κ3) is 3.34. The molecule has 7 heteroatoms. The Balaban J connectivity index is 0.000000821. The van der Waals surface area contributed by atoms with Crippen LogP contribution in [0, 0.1) is 6.57 Å². The van der Waals surface area contributed by atoms with Crippen LogP contribution in [0.5, 0.6) is 5.75 Å². The van der Waals surface area contributed by atoms with E-state index < -0.39 is 5.54 Å². The number of allylic oxidation sites excluding steroid dienone is 2. The zero-order chi connectivity index (χ0) is 23.6. The number of phenols is 1. The number of rotatable bonds is 3. The van der Waals surface area contributed by atoms with Crippen LogP contribution in [0.25, 0.3) is 15.7 Å². The quantitative estimate of drug-likeness (QED) is 0.468. The highest BCUT2D eigenvalue weighted by atomic mass is 16.3. The fourth-order valence-corrected chi connectivity index (χ4v) is 4.93. The van der Waals surface area contributed by atoms with Crippen molar-refractivity contribution in [1.82, 2.24) is 9.88 Å². The van der Waals surface area contributed by atoms with Crippen molar-refractivity contribution in [1.29, 1.82) is 0 Å². The number of aromatic nitrogens is 1. The van der Waals surface area contributed by atoms with Crippen LogP contribution in [0.3, 0.4) is 0 Å². The molecule has 1 unspecified atom stereocenters. The Kier molecular flexibility index (Phi) is 5.70. The molecule has 164 valence electrons. The first-order chi connectivity index (χ1) is 16.0. The molecule has 0 aliphatic carbocycles. The van der Waals surface area contributed by atoms with Gasteiger partial charge in [-0.2, -0.15) is 9.59 Å². The molecule has 3 aromatic rings. The second-order valence-corrected chi connectivity index (χ2v) is 7.84. The molecule has 0 spiro atoms. The molecule has 2 aromatic carbocycles. The Morgan fingerprint density at radius 1 is 1.21 bits per heavy atom. The molecule has 0 saturated carbocycles. The number of carbonyl (C=O) groups excluding carboxylic acids is 3. The van der Waals surface area contributed by atoms with Crippen LogP contribution < -0.4 is 0 Å². The highest BCUT2D eigenvalue weighted by Crippen LogP contribution is 2.48. The zero-order valence-electron chi connectivity index (χ0n) is 18.0. The monoisotopic (exact) mass is 439 g/mol. The van der Waals surface area contributed by atoms with Gasteiger partial charge in [0.1, 0.15) is 11.3 Å². The molecule has 0 radical (unpaired) electrons. The summed E-state index contributed by atoms with van der Waals surface area (Å²) >= 11 is 0. The molecular weight excluding hydrogens is 418 g/mol. The second kappa shape index (κ2) is 8.62. The first-order valence-corrected chi connectivity index (χ1v) is 10.5. The fraction of sp³-hybridized carbons (Fsp3) is 0.192. The molecule has 2 aliphatic rings. The van der Waals surface area contributed by atoms with Crippen molar-refractivity contribution >= 4 is 22.8 Å². The van der Waals surface area contributed by atoms with Crippen molar-refractivity contribution in [2.75, 3.05) is 6.54 Å². The molecule has 0 amide bonds. The van der Waals surface area contributed by atoms with Gasteiger partial charge in [0.25, 0.3) is 0 Å². The van der Waals surface area contributed by atoms with Crippen molar-refractivity contribution in [3.63, 3.8) is 0 Å². The predicted molar refractivity (Wildman–Crippen MR) is 121 cm³/mol. The van der Waals surface area contributed by atoms with Gasteiger partial charge in [0.2, 0.25) is 0 Å². The van der Waals surface area contributed by atoms with Gasteiger partial charge in [0.05, 0.1) is 12.1 Å². The topological polar surface area (TPSA) is 94.8 Å². The van der Waals surface area contributed by atoms with Crippen molar-refractivity contribution in [2.24, 2.45) is 0 Å². The van der Waals surface area contributed by atoms with Crippen LogP contribution in [0.1, 0.15) is 35.0 Å². The normalized spacial score (nSPS) is 18.5. The van der Waals surface area contributed by atoms with Gasteiger partial charge in [-0.15, -0.1) is 0 Å². The van der Waals surface area contributed by atoms with Gasteiger partial charge >= 0.3 is 6.15 Å².